The van der Waals surface area contributed by atoms with Crippen molar-refractivity contribution in [1.29, 1.82) is 5.26 Å². The molecular formula is C10H15N5O. The fraction of sp³-hybridized carbons (Fsp3) is 0.500. The zero-order valence-electron chi connectivity index (χ0n) is 9.42. The van der Waals surface area contributed by atoms with Gasteiger partial charge in [0.15, 0.2) is 0 Å². The number of hydrogen-bond acceptors (Lipinski definition) is 4. The fourth-order valence-electron chi connectivity index (χ4n) is 1.31. The van der Waals surface area contributed by atoms with Crippen LogP contribution < -0.4 is 5.73 Å². The van der Waals surface area contributed by atoms with E-state index in [0.29, 0.717) is 18.5 Å². The molecule has 1 rings (SSSR count). The van der Waals surface area contributed by atoms with Gasteiger partial charge in [-0.2, -0.15) is 10.4 Å². The fourth-order valence-corrected chi connectivity index (χ4v) is 1.31. The molecule has 0 aromatic carbocycles. The topological polar surface area (TPSA) is 87.9 Å². The lowest BCUT2D eigenvalue weighted by Crippen LogP contribution is -2.36. The first kappa shape index (κ1) is 12.2. The van der Waals surface area contributed by atoms with Gasteiger partial charge in [0.1, 0.15) is 6.04 Å². The summed E-state index contributed by atoms with van der Waals surface area (Å²) in [5, 5.41) is 12.4. The van der Waals surface area contributed by atoms with Crippen molar-refractivity contribution >= 4 is 5.91 Å². The molecule has 0 bridgehead atoms. The van der Waals surface area contributed by atoms with E-state index in [4.69, 9.17) is 11.0 Å². The molecule has 1 atom stereocenters. The molecule has 0 saturated heterocycles. The van der Waals surface area contributed by atoms with Crippen molar-refractivity contribution in [3.8, 4) is 6.07 Å². The third-order valence-electron chi connectivity index (χ3n) is 2.29. The SMILES string of the molecule is CN(CCC#N)C(=O)C(N)c1cnn(C)c1. The average Bonchev–Trinajstić information content (AvgIpc) is 2.70. The Labute approximate surface area is 94.2 Å². The highest BCUT2D eigenvalue weighted by Crippen LogP contribution is 2.11. The molecule has 0 radical (unpaired) electrons. The van der Waals surface area contributed by atoms with Crippen molar-refractivity contribution in [1.82, 2.24) is 14.7 Å². The molecule has 0 aliphatic rings. The van der Waals surface area contributed by atoms with Gasteiger partial charge in [0.05, 0.1) is 18.7 Å². The molecule has 1 amide bonds. The standard InChI is InChI=1S/C10H15N5O/c1-14(5-3-4-11)10(16)9(12)8-6-13-15(2)7-8/h6-7,9H,3,5,12H2,1-2H3. The Bertz CT molecular complexity index is 406. The predicted molar refractivity (Wildman–Crippen MR) is 58.0 cm³/mol. The smallest absolute Gasteiger partial charge is 0.243 e. The van der Waals surface area contributed by atoms with Crippen molar-refractivity contribution < 1.29 is 4.79 Å². The molecule has 0 fully saturated rings. The van der Waals surface area contributed by atoms with E-state index in [9.17, 15) is 4.79 Å². The summed E-state index contributed by atoms with van der Waals surface area (Å²) in [6.45, 7) is 0.392. The van der Waals surface area contributed by atoms with Gasteiger partial charge in [-0.1, -0.05) is 0 Å². The van der Waals surface area contributed by atoms with Gasteiger partial charge >= 0.3 is 0 Å². The number of amides is 1. The summed E-state index contributed by atoms with van der Waals surface area (Å²) in [5.74, 6) is -0.205. The lowest BCUT2D eigenvalue weighted by Gasteiger charge is -2.19. The number of likely N-dealkylation sites (N-methyl/N-ethyl adjacent to an activating group) is 1. The Balaban J connectivity index is 2.64. The number of aryl methyl sites for hydroxylation is 1. The van der Waals surface area contributed by atoms with Gasteiger partial charge in [0.2, 0.25) is 5.91 Å². The monoisotopic (exact) mass is 221 g/mol. The Morgan fingerprint density at radius 1 is 1.81 bits per heavy atom. The van der Waals surface area contributed by atoms with Gasteiger partial charge in [0.25, 0.3) is 0 Å². The normalized spacial score (nSPS) is 11.9. The summed E-state index contributed by atoms with van der Waals surface area (Å²) < 4.78 is 1.59. The highest BCUT2D eigenvalue weighted by molar-refractivity contribution is 5.82. The molecule has 86 valence electrons. The van der Waals surface area contributed by atoms with Crippen LogP contribution >= 0.6 is 0 Å². The highest BCUT2D eigenvalue weighted by Gasteiger charge is 2.20. The minimum Gasteiger partial charge on any atom is -0.343 e. The Hall–Kier alpha value is -1.87. The van der Waals surface area contributed by atoms with Gasteiger partial charge in [-0.05, 0) is 0 Å². The van der Waals surface area contributed by atoms with Crippen molar-refractivity contribution in [2.75, 3.05) is 13.6 Å². The molecule has 6 nitrogen and oxygen atoms in total. The summed E-state index contributed by atoms with van der Waals surface area (Å²) >= 11 is 0. The number of nitrogens with zero attached hydrogens (tertiary/aromatic N) is 4. The van der Waals surface area contributed by atoms with Crippen molar-refractivity contribution in [3.63, 3.8) is 0 Å². The molecule has 0 spiro atoms. The van der Waals surface area contributed by atoms with E-state index in [2.05, 4.69) is 5.10 Å². The number of carbonyl (C=O) groups excluding carboxylic acids is 1. The first-order valence-corrected chi connectivity index (χ1v) is 4.92. The van der Waals surface area contributed by atoms with Crippen LogP contribution in [-0.4, -0.2) is 34.2 Å². The first-order valence-electron chi connectivity index (χ1n) is 4.92. The van der Waals surface area contributed by atoms with E-state index in [1.54, 1.807) is 31.2 Å². The number of nitriles is 1. The Morgan fingerprint density at radius 2 is 2.50 bits per heavy atom. The average molecular weight is 221 g/mol. The summed E-state index contributed by atoms with van der Waals surface area (Å²) in [4.78, 5) is 13.3. The second-order valence-electron chi connectivity index (χ2n) is 3.59. The van der Waals surface area contributed by atoms with Crippen LogP contribution in [0.25, 0.3) is 0 Å². The number of carbonyl (C=O) groups is 1. The third kappa shape index (κ3) is 2.81. The zero-order chi connectivity index (χ0) is 12.1. The van der Waals surface area contributed by atoms with Crippen LogP contribution in [-0.2, 0) is 11.8 Å². The van der Waals surface area contributed by atoms with E-state index < -0.39 is 6.04 Å². The van der Waals surface area contributed by atoms with E-state index >= 15 is 0 Å². The molecule has 6 heteroatoms. The van der Waals surface area contributed by atoms with Gasteiger partial charge in [0, 0.05) is 32.4 Å². The first-order chi connectivity index (χ1) is 7.56. The van der Waals surface area contributed by atoms with E-state index in [1.165, 1.54) is 4.90 Å². The highest BCUT2D eigenvalue weighted by atomic mass is 16.2. The van der Waals surface area contributed by atoms with Crippen LogP contribution in [0.1, 0.15) is 18.0 Å². The Kier molecular flexibility index (Phi) is 4.03. The molecule has 2 N–H and O–H groups in total. The maximum Gasteiger partial charge on any atom is 0.243 e. The van der Waals surface area contributed by atoms with Gasteiger partial charge < -0.3 is 10.6 Å². The molecule has 0 aliphatic heterocycles. The van der Waals surface area contributed by atoms with Gasteiger partial charge in [-0.3, -0.25) is 9.48 Å². The number of rotatable bonds is 4. The van der Waals surface area contributed by atoms with Crippen LogP contribution in [0.2, 0.25) is 0 Å². The van der Waals surface area contributed by atoms with Crippen molar-refractivity contribution in [2.24, 2.45) is 12.8 Å². The number of hydrogen-bond donors (Lipinski definition) is 1. The second kappa shape index (κ2) is 5.28. The van der Waals surface area contributed by atoms with Gasteiger partial charge in [-0.25, -0.2) is 0 Å². The molecule has 0 saturated carbocycles. The minimum atomic E-state index is -0.711. The van der Waals surface area contributed by atoms with E-state index in [0.717, 1.165) is 0 Å². The summed E-state index contributed by atoms with van der Waals surface area (Å²) in [7, 11) is 3.40. The largest absolute Gasteiger partial charge is 0.343 e. The maximum absolute atomic E-state index is 11.8. The lowest BCUT2D eigenvalue weighted by molar-refractivity contribution is -0.131. The van der Waals surface area contributed by atoms with E-state index in [1.807, 2.05) is 6.07 Å². The molecule has 1 heterocycles. The zero-order valence-corrected chi connectivity index (χ0v) is 9.42. The third-order valence-corrected chi connectivity index (χ3v) is 2.29. The Morgan fingerprint density at radius 3 is 3.00 bits per heavy atom. The number of nitrogens with two attached hydrogens (primary N) is 1. The van der Waals surface area contributed by atoms with Crippen LogP contribution in [0, 0.1) is 11.3 Å². The van der Waals surface area contributed by atoms with Crippen LogP contribution in [0.4, 0.5) is 0 Å². The summed E-state index contributed by atoms with van der Waals surface area (Å²) in [6, 6.07) is 1.27. The minimum absolute atomic E-state index is 0.205. The van der Waals surface area contributed by atoms with Crippen molar-refractivity contribution in [2.45, 2.75) is 12.5 Å². The molecule has 1 unspecified atom stereocenters. The summed E-state index contributed by atoms with van der Waals surface area (Å²) in [5.41, 5.74) is 6.47. The summed E-state index contributed by atoms with van der Waals surface area (Å²) in [6.07, 6.45) is 3.59. The predicted octanol–water partition coefficient (Wildman–Crippen LogP) is -0.208. The quantitative estimate of drug-likeness (QED) is 0.762. The van der Waals surface area contributed by atoms with Crippen LogP contribution in [0.15, 0.2) is 12.4 Å². The van der Waals surface area contributed by atoms with Crippen LogP contribution in [0.3, 0.4) is 0 Å². The van der Waals surface area contributed by atoms with Crippen LogP contribution in [0.5, 0.6) is 0 Å². The van der Waals surface area contributed by atoms with Gasteiger partial charge in [-0.15, -0.1) is 0 Å². The lowest BCUT2D eigenvalue weighted by atomic mass is 10.1. The van der Waals surface area contributed by atoms with E-state index in [-0.39, 0.29) is 5.91 Å². The number of aromatic nitrogens is 2. The molecule has 0 aliphatic carbocycles. The molecule has 1 aromatic heterocycles. The molecular weight excluding hydrogens is 206 g/mol. The second-order valence-corrected chi connectivity index (χ2v) is 3.59. The van der Waals surface area contributed by atoms with Crippen molar-refractivity contribution in [3.05, 3.63) is 18.0 Å². The maximum atomic E-state index is 11.8. The molecule has 1 aromatic rings. The molecule has 16 heavy (non-hydrogen) atoms.